The molecule has 3 nitrogen and oxygen atoms in total. The third-order valence-electron chi connectivity index (χ3n) is 4.34. The number of hydrogen-bond acceptors (Lipinski definition) is 2. The van der Waals surface area contributed by atoms with Crippen LogP contribution in [0.25, 0.3) is 0 Å². The van der Waals surface area contributed by atoms with Crippen molar-refractivity contribution in [1.29, 1.82) is 0 Å². The van der Waals surface area contributed by atoms with E-state index in [-0.39, 0.29) is 10.7 Å². The fraction of sp³-hybridized carbons (Fsp3) is 0.375. The Balaban J connectivity index is 2.03. The van der Waals surface area contributed by atoms with Crippen LogP contribution in [0.4, 0.5) is 18.9 Å². The van der Waals surface area contributed by atoms with Crippen molar-refractivity contribution >= 4 is 29.1 Å². The molecule has 7 heteroatoms. The van der Waals surface area contributed by atoms with Gasteiger partial charge in [-0.15, -0.1) is 0 Å². The molecule has 1 aromatic carbocycles. The molecular weight excluding hydrogens is 331 g/mol. The fourth-order valence-corrected chi connectivity index (χ4v) is 3.34. The molecule has 2 amide bonds. The highest BCUT2D eigenvalue weighted by molar-refractivity contribution is 6.36. The van der Waals surface area contributed by atoms with E-state index in [0.29, 0.717) is 12.8 Å². The first kappa shape index (κ1) is 16.1. The van der Waals surface area contributed by atoms with E-state index in [1.165, 1.54) is 0 Å². The lowest BCUT2D eigenvalue weighted by atomic mass is 9.82. The number of halogens is 4. The van der Waals surface area contributed by atoms with Gasteiger partial charge in [0, 0.05) is 0 Å². The molecule has 1 saturated heterocycles. The highest BCUT2D eigenvalue weighted by Crippen LogP contribution is 2.43. The van der Waals surface area contributed by atoms with E-state index in [1.54, 1.807) is 0 Å². The molecule has 0 radical (unpaired) electrons. The molecule has 1 heterocycles. The Bertz CT molecular complexity index is 727. The van der Waals surface area contributed by atoms with Gasteiger partial charge in [-0.25, -0.2) is 4.90 Å². The van der Waals surface area contributed by atoms with Crippen LogP contribution in [-0.4, -0.2) is 11.8 Å². The second-order valence-electron chi connectivity index (χ2n) is 5.88. The van der Waals surface area contributed by atoms with E-state index in [4.69, 9.17) is 11.6 Å². The van der Waals surface area contributed by atoms with Gasteiger partial charge in [0.05, 0.1) is 28.1 Å². The fourth-order valence-electron chi connectivity index (χ4n) is 3.14. The smallest absolute Gasteiger partial charge is 0.274 e. The number of rotatable bonds is 1. The summed E-state index contributed by atoms with van der Waals surface area (Å²) in [5, 5.41) is -0.0528. The predicted octanol–water partition coefficient (Wildman–Crippen LogP) is 4.20. The highest BCUT2D eigenvalue weighted by Gasteiger charge is 2.49. The average molecular weight is 344 g/mol. The van der Waals surface area contributed by atoms with Crippen LogP contribution in [0.5, 0.6) is 0 Å². The largest absolute Gasteiger partial charge is 0.416 e. The lowest BCUT2D eigenvalue weighted by Crippen LogP contribution is -2.31. The summed E-state index contributed by atoms with van der Waals surface area (Å²) in [6, 6.07) is 2.65. The van der Waals surface area contributed by atoms with Crippen LogP contribution in [0, 0.1) is 11.8 Å². The highest BCUT2D eigenvalue weighted by atomic mass is 35.5. The second-order valence-corrected chi connectivity index (χ2v) is 6.29. The van der Waals surface area contributed by atoms with E-state index in [9.17, 15) is 22.8 Å². The van der Waals surface area contributed by atoms with Gasteiger partial charge in [0.25, 0.3) is 0 Å². The molecule has 0 aromatic heterocycles. The molecule has 1 aliphatic carbocycles. The molecule has 2 unspecified atom stereocenters. The van der Waals surface area contributed by atoms with Crippen molar-refractivity contribution in [1.82, 2.24) is 0 Å². The van der Waals surface area contributed by atoms with Gasteiger partial charge in [-0.2, -0.15) is 13.2 Å². The molecule has 2 atom stereocenters. The van der Waals surface area contributed by atoms with Gasteiger partial charge in [0.1, 0.15) is 0 Å². The van der Waals surface area contributed by atoms with Gasteiger partial charge < -0.3 is 0 Å². The van der Waals surface area contributed by atoms with Crippen LogP contribution in [0.1, 0.15) is 25.3 Å². The predicted molar refractivity (Wildman–Crippen MR) is 78.9 cm³/mol. The summed E-state index contributed by atoms with van der Waals surface area (Å²) in [4.78, 5) is 25.9. The molecule has 23 heavy (non-hydrogen) atoms. The van der Waals surface area contributed by atoms with Crippen molar-refractivity contribution in [3.8, 4) is 0 Å². The van der Waals surface area contributed by atoms with Crippen LogP contribution in [0.3, 0.4) is 0 Å². The maximum absolute atomic E-state index is 12.9. The number of hydrogen-bond donors (Lipinski definition) is 0. The first-order valence-electron chi connectivity index (χ1n) is 7.10. The van der Waals surface area contributed by atoms with Crippen molar-refractivity contribution in [2.75, 3.05) is 4.90 Å². The molecule has 1 fully saturated rings. The molecular formula is C16H13ClF3NO2. The van der Waals surface area contributed by atoms with Gasteiger partial charge in [-0.05, 0) is 38.0 Å². The van der Waals surface area contributed by atoms with Gasteiger partial charge in [0.15, 0.2) is 0 Å². The van der Waals surface area contributed by atoms with Gasteiger partial charge in [-0.1, -0.05) is 23.3 Å². The Morgan fingerprint density at radius 1 is 1.17 bits per heavy atom. The zero-order chi connectivity index (χ0) is 16.9. The number of carbonyl (C=O) groups is 2. The second kappa shape index (κ2) is 5.37. The van der Waals surface area contributed by atoms with Crippen molar-refractivity contribution in [2.24, 2.45) is 11.8 Å². The normalized spacial score (nSPS) is 24.7. The maximum atomic E-state index is 12.9. The van der Waals surface area contributed by atoms with E-state index >= 15 is 0 Å². The van der Waals surface area contributed by atoms with Crippen LogP contribution in [-0.2, 0) is 15.8 Å². The Morgan fingerprint density at radius 3 is 2.48 bits per heavy atom. The third-order valence-corrected chi connectivity index (χ3v) is 4.66. The standard InChI is InChI=1S/C16H13ClF3NO2/c1-8-2-4-10-11(6-8)15(23)21(14(10)22)13-7-9(16(18,19)20)3-5-12(13)17/h2-3,5,7,10-11H,4,6H2,1H3. The number of benzene rings is 1. The average Bonchev–Trinajstić information content (AvgIpc) is 2.70. The number of carbonyl (C=O) groups excluding carboxylic acids is 2. The number of alkyl halides is 3. The summed E-state index contributed by atoms with van der Waals surface area (Å²) in [5.74, 6) is -1.99. The van der Waals surface area contributed by atoms with Crippen molar-refractivity contribution in [2.45, 2.75) is 25.9 Å². The Kier molecular flexibility index (Phi) is 3.75. The minimum Gasteiger partial charge on any atom is -0.274 e. The lowest BCUT2D eigenvalue weighted by Gasteiger charge is -2.19. The van der Waals surface area contributed by atoms with E-state index in [2.05, 4.69) is 0 Å². The summed E-state index contributed by atoms with van der Waals surface area (Å²) in [7, 11) is 0. The number of allylic oxidation sites excluding steroid dienone is 2. The quantitative estimate of drug-likeness (QED) is 0.566. The molecule has 0 N–H and O–H groups in total. The SMILES string of the molecule is CC1=CCC2C(=O)N(c3cc(C(F)(F)F)ccc3Cl)C(=O)C2C1. The maximum Gasteiger partial charge on any atom is 0.416 e. The number of nitrogens with zero attached hydrogens (tertiary/aromatic N) is 1. The number of fused-ring (bicyclic) bond motifs is 1. The van der Waals surface area contributed by atoms with E-state index < -0.39 is 35.4 Å². The summed E-state index contributed by atoms with van der Waals surface area (Å²) >= 11 is 5.96. The van der Waals surface area contributed by atoms with Crippen LogP contribution < -0.4 is 4.90 Å². The number of anilines is 1. The van der Waals surface area contributed by atoms with Crippen molar-refractivity contribution in [3.05, 3.63) is 40.4 Å². The lowest BCUT2D eigenvalue weighted by molar-refractivity contribution is -0.137. The van der Waals surface area contributed by atoms with Crippen molar-refractivity contribution in [3.63, 3.8) is 0 Å². The molecule has 0 saturated carbocycles. The van der Waals surface area contributed by atoms with Crippen LogP contribution >= 0.6 is 11.6 Å². The first-order valence-corrected chi connectivity index (χ1v) is 7.48. The third kappa shape index (κ3) is 2.65. The van der Waals surface area contributed by atoms with Crippen LogP contribution in [0.2, 0.25) is 5.02 Å². The molecule has 122 valence electrons. The zero-order valence-electron chi connectivity index (χ0n) is 12.2. The molecule has 1 aliphatic heterocycles. The molecule has 3 rings (SSSR count). The Labute approximate surface area is 135 Å². The molecule has 1 aromatic rings. The van der Waals surface area contributed by atoms with Crippen molar-refractivity contribution < 1.29 is 22.8 Å². The topological polar surface area (TPSA) is 37.4 Å². The monoisotopic (exact) mass is 343 g/mol. The Hall–Kier alpha value is -1.82. The van der Waals surface area contributed by atoms with Gasteiger partial charge in [-0.3, -0.25) is 9.59 Å². The number of imide groups is 1. The molecule has 2 aliphatic rings. The summed E-state index contributed by atoms with van der Waals surface area (Å²) in [5.41, 5.74) is -0.130. The minimum absolute atomic E-state index is 0.0528. The molecule has 0 bridgehead atoms. The molecule has 0 spiro atoms. The van der Waals surface area contributed by atoms with Gasteiger partial charge in [0.2, 0.25) is 11.8 Å². The summed E-state index contributed by atoms with van der Waals surface area (Å²) in [6.45, 7) is 1.87. The van der Waals surface area contributed by atoms with Crippen LogP contribution in [0.15, 0.2) is 29.8 Å². The Morgan fingerprint density at radius 2 is 1.83 bits per heavy atom. The minimum atomic E-state index is -4.57. The van der Waals surface area contributed by atoms with Gasteiger partial charge >= 0.3 is 6.18 Å². The van der Waals surface area contributed by atoms with E-state index in [0.717, 1.165) is 28.7 Å². The summed E-state index contributed by atoms with van der Waals surface area (Å²) < 4.78 is 38.7. The summed E-state index contributed by atoms with van der Waals surface area (Å²) in [6.07, 6.45) is -1.81. The zero-order valence-corrected chi connectivity index (χ0v) is 12.9. The van der Waals surface area contributed by atoms with E-state index in [1.807, 2.05) is 13.0 Å². The number of amides is 2. The first-order chi connectivity index (χ1) is 10.7.